The summed E-state index contributed by atoms with van der Waals surface area (Å²) >= 11 is 15.0. The van der Waals surface area contributed by atoms with Crippen molar-refractivity contribution in [3.63, 3.8) is 0 Å². The lowest BCUT2D eigenvalue weighted by Gasteiger charge is -2.05. The topological polar surface area (TPSA) is 99.1 Å². The number of nitriles is 2. The molecule has 0 spiro atoms. The highest BCUT2D eigenvalue weighted by Gasteiger charge is 2.10. The van der Waals surface area contributed by atoms with Gasteiger partial charge >= 0.3 is 0 Å². The maximum absolute atomic E-state index is 8.65. The fourth-order valence-corrected chi connectivity index (χ4v) is 4.84. The smallest absolute Gasteiger partial charge is 0.148 e. The largest absolute Gasteiger partial charge is 0.198 e. The standard InChI is InChI=1S/C12H10ClN3S.C12H8ClN3S/c2*1-8-15-16-12(17-8)11-5-4-10(13)7-9(11)3-2-6-14/h4-5,7H,2-3H2,1H3;2-5,7H,1H3/b;3-2+. The first-order valence-electron chi connectivity index (χ1n) is 10.0. The Morgan fingerprint density at radius 2 is 1.44 bits per heavy atom. The van der Waals surface area contributed by atoms with Gasteiger partial charge in [0.15, 0.2) is 0 Å². The van der Waals surface area contributed by atoms with Crippen LogP contribution in [0.15, 0.2) is 42.5 Å². The zero-order valence-electron chi connectivity index (χ0n) is 18.3. The molecule has 2 heterocycles. The van der Waals surface area contributed by atoms with Crippen molar-refractivity contribution in [2.24, 2.45) is 0 Å². The fourth-order valence-electron chi connectivity index (χ4n) is 2.97. The van der Waals surface area contributed by atoms with Crippen LogP contribution in [0.4, 0.5) is 0 Å². The van der Waals surface area contributed by atoms with E-state index in [1.54, 1.807) is 23.5 Å². The third kappa shape index (κ3) is 6.93. The minimum Gasteiger partial charge on any atom is -0.198 e. The number of aromatic nitrogens is 4. The molecule has 0 N–H and O–H groups in total. The minimum absolute atomic E-state index is 0.477. The van der Waals surface area contributed by atoms with E-state index in [-0.39, 0.29) is 0 Å². The molecule has 10 heteroatoms. The van der Waals surface area contributed by atoms with Gasteiger partial charge in [-0.05, 0) is 67.8 Å². The third-order valence-electron chi connectivity index (χ3n) is 4.44. The summed E-state index contributed by atoms with van der Waals surface area (Å²) in [4.78, 5) is 0. The average Bonchev–Trinajstić information content (AvgIpc) is 3.45. The molecule has 2 aromatic heterocycles. The van der Waals surface area contributed by atoms with E-state index in [9.17, 15) is 0 Å². The van der Waals surface area contributed by atoms with Crippen LogP contribution in [0, 0.1) is 36.5 Å². The maximum atomic E-state index is 8.65. The number of allylic oxidation sites excluding steroid dienone is 1. The molecule has 0 saturated heterocycles. The van der Waals surface area contributed by atoms with Gasteiger partial charge in [-0.3, -0.25) is 0 Å². The van der Waals surface area contributed by atoms with E-state index in [4.69, 9.17) is 33.7 Å². The molecule has 4 rings (SSSR count). The van der Waals surface area contributed by atoms with Gasteiger partial charge in [0.2, 0.25) is 0 Å². The molecule has 0 radical (unpaired) electrons. The third-order valence-corrected chi connectivity index (χ3v) is 6.65. The van der Waals surface area contributed by atoms with Gasteiger partial charge in [-0.15, -0.1) is 20.4 Å². The predicted molar refractivity (Wildman–Crippen MR) is 139 cm³/mol. The van der Waals surface area contributed by atoms with Crippen LogP contribution in [0.25, 0.3) is 27.2 Å². The molecule has 0 aliphatic rings. The first-order valence-corrected chi connectivity index (χ1v) is 12.4. The second-order valence-electron chi connectivity index (χ2n) is 6.91. The van der Waals surface area contributed by atoms with Crippen molar-refractivity contribution in [2.45, 2.75) is 26.7 Å². The minimum atomic E-state index is 0.477. The van der Waals surface area contributed by atoms with E-state index >= 15 is 0 Å². The van der Waals surface area contributed by atoms with Gasteiger partial charge in [0.1, 0.15) is 20.0 Å². The number of benzene rings is 2. The zero-order chi connectivity index (χ0) is 24.5. The first kappa shape index (κ1) is 25.5. The molecule has 6 nitrogen and oxygen atoms in total. The monoisotopic (exact) mass is 524 g/mol. The number of halogens is 2. The van der Waals surface area contributed by atoms with Crippen LogP contribution in [0.2, 0.25) is 10.0 Å². The Labute approximate surface area is 215 Å². The van der Waals surface area contributed by atoms with Crippen LogP contribution in [0.5, 0.6) is 0 Å². The molecule has 0 saturated carbocycles. The van der Waals surface area contributed by atoms with Gasteiger partial charge < -0.3 is 0 Å². The van der Waals surface area contributed by atoms with Crippen LogP contribution in [-0.2, 0) is 6.42 Å². The molecule has 0 unspecified atom stereocenters. The first-order chi connectivity index (χ1) is 16.4. The van der Waals surface area contributed by atoms with E-state index in [0.717, 1.165) is 42.3 Å². The Morgan fingerprint density at radius 3 is 2.00 bits per heavy atom. The molecular weight excluding hydrogens is 507 g/mol. The molecule has 0 bridgehead atoms. The number of rotatable bonds is 5. The highest BCUT2D eigenvalue weighted by Crippen LogP contribution is 2.30. The Morgan fingerprint density at radius 1 is 0.853 bits per heavy atom. The molecule has 0 amide bonds. The van der Waals surface area contributed by atoms with Crippen LogP contribution in [0.3, 0.4) is 0 Å². The number of hydrogen-bond acceptors (Lipinski definition) is 8. The second kappa shape index (κ2) is 12.4. The number of aryl methyl sites for hydroxylation is 3. The molecule has 170 valence electrons. The molecular formula is C24H18Cl2N6S2. The Hall–Kier alpha value is -3.14. The maximum Gasteiger partial charge on any atom is 0.148 e. The van der Waals surface area contributed by atoms with Crippen molar-refractivity contribution < 1.29 is 0 Å². The van der Waals surface area contributed by atoms with Crippen molar-refractivity contribution in [1.82, 2.24) is 20.4 Å². The van der Waals surface area contributed by atoms with E-state index in [1.807, 2.05) is 50.2 Å². The van der Waals surface area contributed by atoms with Gasteiger partial charge in [-0.25, -0.2) is 0 Å². The Bertz CT molecular complexity index is 1400. The lowest BCUT2D eigenvalue weighted by molar-refractivity contribution is 1.00. The lowest BCUT2D eigenvalue weighted by Crippen LogP contribution is -1.89. The molecule has 34 heavy (non-hydrogen) atoms. The molecule has 0 aliphatic carbocycles. The van der Waals surface area contributed by atoms with Crippen molar-refractivity contribution in [2.75, 3.05) is 0 Å². The average molecular weight is 525 g/mol. The molecule has 0 atom stereocenters. The predicted octanol–water partition coefficient (Wildman–Crippen LogP) is 7.33. The van der Waals surface area contributed by atoms with Crippen LogP contribution < -0.4 is 0 Å². The highest BCUT2D eigenvalue weighted by molar-refractivity contribution is 7.14. The van der Waals surface area contributed by atoms with E-state index in [1.165, 1.54) is 17.4 Å². The molecule has 0 aliphatic heterocycles. The van der Waals surface area contributed by atoms with Crippen LogP contribution in [0.1, 0.15) is 27.6 Å². The molecule has 0 fully saturated rings. The SMILES string of the molecule is Cc1nnc(-c2ccc(Cl)cc2/C=C/C#N)s1.Cc1nnc(-c2ccc(Cl)cc2CCC#N)s1. The van der Waals surface area contributed by atoms with Crippen molar-refractivity contribution >= 4 is 52.0 Å². The Kier molecular flexibility index (Phi) is 9.26. The van der Waals surface area contributed by atoms with Crippen LogP contribution in [-0.4, -0.2) is 20.4 Å². The van der Waals surface area contributed by atoms with E-state index in [2.05, 4.69) is 26.5 Å². The quantitative estimate of drug-likeness (QED) is 0.253. The van der Waals surface area contributed by atoms with Crippen molar-refractivity contribution in [3.05, 3.63) is 73.7 Å². The zero-order valence-corrected chi connectivity index (χ0v) is 21.4. The van der Waals surface area contributed by atoms with Crippen molar-refractivity contribution in [3.8, 4) is 33.3 Å². The summed E-state index contributed by atoms with van der Waals surface area (Å²) in [6.45, 7) is 3.83. The summed E-state index contributed by atoms with van der Waals surface area (Å²) in [5, 5.41) is 38.3. The Balaban J connectivity index is 0.000000191. The van der Waals surface area contributed by atoms with Gasteiger partial charge in [-0.2, -0.15) is 10.5 Å². The normalized spacial score (nSPS) is 10.4. The summed E-state index contributed by atoms with van der Waals surface area (Å²) < 4.78 is 0. The van der Waals surface area contributed by atoms with Gasteiger partial charge in [-0.1, -0.05) is 51.9 Å². The number of hydrogen-bond donors (Lipinski definition) is 0. The summed E-state index contributed by atoms with van der Waals surface area (Å²) in [5.74, 6) is 0. The lowest BCUT2D eigenvalue weighted by atomic mass is 10.0. The second-order valence-corrected chi connectivity index (χ2v) is 10.1. The highest BCUT2D eigenvalue weighted by atomic mass is 35.5. The summed E-state index contributed by atoms with van der Waals surface area (Å²) in [7, 11) is 0. The fraction of sp³-hybridized carbons (Fsp3) is 0.167. The summed E-state index contributed by atoms with van der Waals surface area (Å²) in [6.07, 6.45) is 4.30. The summed E-state index contributed by atoms with van der Waals surface area (Å²) in [5.41, 5.74) is 3.88. The van der Waals surface area contributed by atoms with Gasteiger partial charge in [0.05, 0.1) is 12.1 Å². The molecule has 4 aromatic rings. The van der Waals surface area contributed by atoms with Crippen LogP contribution >= 0.6 is 45.9 Å². The van der Waals surface area contributed by atoms with E-state index in [0.29, 0.717) is 22.9 Å². The molecule has 2 aromatic carbocycles. The van der Waals surface area contributed by atoms with Gasteiger partial charge in [0, 0.05) is 33.7 Å². The van der Waals surface area contributed by atoms with Gasteiger partial charge in [0.25, 0.3) is 0 Å². The summed E-state index contributed by atoms with van der Waals surface area (Å²) in [6, 6.07) is 15.3. The van der Waals surface area contributed by atoms with E-state index < -0.39 is 0 Å². The van der Waals surface area contributed by atoms with Crippen molar-refractivity contribution in [1.29, 1.82) is 10.5 Å². The number of nitrogens with zero attached hydrogens (tertiary/aromatic N) is 6.